The summed E-state index contributed by atoms with van der Waals surface area (Å²) in [6.07, 6.45) is 1.13. The molecule has 3 heteroatoms. The van der Waals surface area contributed by atoms with Crippen molar-refractivity contribution in [2.75, 3.05) is 0 Å². The first-order valence-electron chi connectivity index (χ1n) is 5.20. The van der Waals surface area contributed by atoms with Crippen LogP contribution in [0.4, 0.5) is 0 Å². The Balaban J connectivity index is 0.000000722. The first-order chi connectivity index (χ1) is 7.27. The van der Waals surface area contributed by atoms with Crippen LogP contribution in [0.2, 0.25) is 0 Å². The van der Waals surface area contributed by atoms with Gasteiger partial charge < -0.3 is 24.8 Å². The molecule has 0 N–H and O–H groups in total. The average molecular weight is 341 g/mol. The van der Waals surface area contributed by atoms with E-state index in [1.54, 1.807) is 8.83 Å². The SMILES string of the molecule is Cc1ccc2c([c]1[Zr+2])Cc1ccccc1-2.[Cl-].[Cl-]. The molecule has 0 aromatic heterocycles. The minimum Gasteiger partial charge on any atom is -1.00 e. The van der Waals surface area contributed by atoms with Crippen molar-refractivity contribution in [2.45, 2.75) is 13.3 Å². The van der Waals surface area contributed by atoms with Crippen LogP contribution in [0, 0.1) is 6.92 Å². The zero-order valence-corrected chi connectivity index (χ0v) is 13.4. The van der Waals surface area contributed by atoms with Crippen LogP contribution >= 0.6 is 0 Å². The van der Waals surface area contributed by atoms with E-state index in [0.717, 1.165) is 6.42 Å². The molecular weight excluding hydrogens is 330 g/mol. The molecule has 0 atom stereocenters. The number of halogens is 2. The van der Waals surface area contributed by atoms with Crippen LogP contribution in [0.5, 0.6) is 0 Å². The molecular formula is C14H11Cl2Zr. The molecule has 0 unspecified atom stereocenters. The summed E-state index contributed by atoms with van der Waals surface area (Å²) < 4.78 is 1.55. The van der Waals surface area contributed by atoms with Gasteiger partial charge in [-0.05, 0) is 0 Å². The van der Waals surface area contributed by atoms with Crippen molar-refractivity contribution in [1.82, 2.24) is 0 Å². The van der Waals surface area contributed by atoms with Crippen LogP contribution in [0.25, 0.3) is 11.1 Å². The van der Waals surface area contributed by atoms with Gasteiger partial charge in [0.15, 0.2) is 0 Å². The van der Waals surface area contributed by atoms with Gasteiger partial charge in [0.2, 0.25) is 0 Å². The Morgan fingerprint density at radius 1 is 0.941 bits per heavy atom. The number of rotatable bonds is 0. The van der Waals surface area contributed by atoms with Crippen LogP contribution < -0.4 is 28.1 Å². The molecule has 0 heterocycles. The third kappa shape index (κ3) is 2.38. The second-order valence-electron chi connectivity index (χ2n) is 4.12. The quantitative estimate of drug-likeness (QED) is 0.403. The fourth-order valence-corrected chi connectivity index (χ4v) is 3.08. The topological polar surface area (TPSA) is 0 Å². The Labute approximate surface area is 129 Å². The van der Waals surface area contributed by atoms with Gasteiger partial charge in [0, 0.05) is 0 Å². The summed E-state index contributed by atoms with van der Waals surface area (Å²) in [6, 6.07) is 13.3. The molecule has 0 bridgehead atoms. The molecule has 0 saturated heterocycles. The first kappa shape index (κ1) is 15.0. The second kappa shape index (κ2) is 5.70. The van der Waals surface area contributed by atoms with Gasteiger partial charge >= 0.3 is 106 Å². The van der Waals surface area contributed by atoms with E-state index in [9.17, 15) is 0 Å². The number of aryl methyl sites for hydroxylation is 1. The Morgan fingerprint density at radius 3 is 2.41 bits per heavy atom. The molecule has 2 aromatic carbocycles. The minimum atomic E-state index is 0. The molecule has 0 fully saturated rings. The molecule has 0 nitrogen and oxygen atoms in total. The van der Waals surface area contributed by atoms with Crippen LogP contribution in [0.15, 0.2) is 36.4 Å². The molecule has 3 rings (SSSR count). The van der Waals surface area contributed by atoms with Crippen molar-refractivity contribution < 1.29 is 49.5 Å². The van der Waals surface area contributed by atoms with Crippen LogP contribution in [0.3, 0.4) is 0 Å². The van der Waals surface area contributed by atoms with Gasteiger partial charge in [-0.25, -0.2) is 0 Å². The van der Waals surface area contributed by atoms with Crippen molar-refractivity contribution in [3.63, 3.8) is 0 Å². The molecule has 0 amide bonds. The molecule has 0 radical (unpaired) electrons. The molecule has 85 valence electrons. The third-order valence-electron chi connectivity index (χ3n) is 3.20. The number of hydrogen-bond acceptors (Lipinski definition) is 0. The molecule has 17 heavy (non-hydrogen) atoms. The van der Waals surface area contributed by atoms with Crippen molar-refractivity contribution in [2.24, 2.45) is 0 Å². The summed E-state index contributed by atoms with van der Waals surface area (Å²) in [6.45, 7) is 2.22. The van der Waals surface area contributed by atoms with Gasteiger partial charge in [-0.1, -0.05) is 0 Å². The van der Waals surface area contributed by atoms with Crippen molar-refractivity contribution in [3.05, 3.63) is 53.1 Å². The normalized spacial score (nSPS) is 11.0. The van der Waals surface area contributed by atoms with Crippen LogP contribution in [-0.4, -0.2) is 0 Å². The van der Waals surface area contributed by atoms with E-state index in [1.165, 1.54) is 47.0 Å². The van der Waals surface area contributed by atoms with Gasteiger partial charge in [0.25, 0.3) is 0 Å². The van der Waals surface area contributed by atoms with Gasteiger partial charge in [0.05, 0.1) is 0 Å². The van der Waals surface area contributed by atoms with Crippen molar-refractivity contribution >= 4 is 3.27 Å². The van der Waals surface area contributed by atoms with E-state index in [-0.39, 0.29) is 24.8 Å². The summed E-state index contributed by atoms with van der Waals surface area (Å²) in [5.74, 6) is 0. The predicted octanol–water partition coefficient (Wildman–Crippen LogP) is -3.25. The monoisotopic (exact) mass is 339 g/mol. The van der Waals surface area contributed by atoms with Crippen molar-refractivity contribution in [3.8, 4) is 11.1 Å². The fourth-order valence-electron chi connectivity index (χ4n) is 2.33. The Morgan fingerprint density at radius 2 is 1.65 bits per heavy atom. The number of hydrogen-bond donors (Lipinski definition) is 0. The van der Waals surface area contributed by atoms with E-state index < -0.39 is 0 Å². The molecule has 0 spiro atoms. The van der Waals surface area contributed by atoms with E-state index in [0.29, 0.717) is 0 Å². The Bertz CT molecular complexity index is 550. The minimum absolute atomic E-state index is 0. The smallest absolute Gasteiger partial charge is 1.00 e. The first-order valence-corrected chi connectivity index (χ1v) is 6.42. The standard InChI is InChI=1S/C14H11.2ClH.Zr/c1-10-6-7-14-12(8-10)9-11-4-2-3-5-13(11)14;;;/h2-7H,9H2,1H3;2*1H;/q;;;+2/p-2. The zero-order chi connectivity index (χ0) is 10.4. The van der Waals surface area contributed by atoms with Gasteiger partial charge in [-0.2, -0.15) is 0 Å². The van der Waals surface area contributed by atoms with E-state index in [4.69, 9.17) is 0 Å². The fraction of sp³-hybridized carbons (Fsp3) is 0.143. The predicted molar refractivity (Wildman–Crippen MR) is 59.1 cm³/mol. The second-order valence-corrected chi connectivity index (χ2v) is 5.35. The van der Waals surface area contributed by atoms with Gasteiger partial charge in [-0.15, -0.1) is 0 Å². The molecule has 2 aromatic rings. The van der Waals surface area contributed by atoms with Crippen LogP contribution in [0.1, 0.15) is 16.7 Å². The third-order valence-corrected chi connectivity index (χ3v) is 4.91. The van der Waals surface area contributed by atoms with Gasteiger partial charge in [-0.3, -0.25) is 0 Å². The molecule has 1 aliphatic rings. The maximum Gasteiger partial charge on any atom is -1.00 e. The summed E-state index contributed by atoms with van der Waals surface area (Å²) in [7, 11) is 0. The molecule has 1 aliphatic carbocycles. The largest absolute Gasteiger partial charge is 1.00 e. The summed E-state index contributed by atoms with van der Waals surface area (Å²) in [4.78, 5) is 0. The summed E-state index contributed by atoms with van der Waals surface area (Å²) in [5, 5.41) is 0. The number of fused-ring (bicyclic) bond motifs is 3. The number of benzene rings is 2. The summed E-state index contributed by atoms with van der Waals surface area (Å²) >= 11 is 1.54. The van der Waals surface area contributed by atoms with E-state index in [1.807, 2.05) is 0 Å². The maximum absolute atomic E-state index is 2.28. The Kier molecular flexibility index (Phi) is 5.01. The van der Waals surface area contributed by atoms with Gasteiger partial charge in [0.1, 0.15) is 0 Å². The van der Waals surface area contributed by atoms with E-state index >= 15 is 0 Å². The van der Waals surface area contributed by atoms with Crippen molar-refractivity contribution in [1.29, 1.82) is 0 Å². The average Bonchev–Trinajstić information content (AvgIpc) is 2.63. The van der Waals surface area contributed by atoms with E-state index in [2.05, 4.69) is 43.3 Å². The van der Waals surface area contributed by atoms with Crippen LogP contribution in [-0.2, 0) is 31.1 Å². The maximum atomic E-state index is 2.28. The Hall–Kier alpha value is -0.0969. The summed E-state index contributed by atoms with van der Waals surface area (Å²) in [5.41, 5.74) is 7.40. The molecule has 0 saturated carbocycles. The zero-order valence-electron chi connectivity index (χ0n) is 9.43. The molecule has 0 aliphatic heterocycles.